The number of hydrogen-bond acceptors (Lipinski definition) is 2. The van der Waals surface area contributed by atoms with E-state index in [1.807, 2.05) is 0 Å². The summed E-state index contributed by atoms with van der Waals surface area (Å²) < 4.78 is 52.8. The Morgan fingerprint density at radius 2 is 1.71 bits per heavy atom. The molecule has 0 aliphatic heterocycles. The van der Waals surface area contributed by atoms with E-state index in [0.717, 1.165) is 0 Å². The molecule has 24 heavy (non-hydrogen) atoms. The fourth-order valence-electron chi connectivity index (χ4n) is 2.23. The molecule has 2 rings (SSSR count). The molecule has 0 saturated heterocycles. The van der Waals surface area contributed by atoms with E-state index in [4.69, 9.17) is 0 Å². The monoisotopic (exact) mass is 341 g/mol. The van der Waals surface area contributed by atoms with Crippen molar-refractivity contribution in [2.24, 2.45) is 0 Å². The number of aliphatic hydroxyl groups excluding tert-OH is 1. The van der Waals surface area contributed by atoms with Gasteiger partial charge in [0.15, 0.2) is 17.5 Å². The highest BCUT2D eigenvalue weighted by molar-refractivity contribution is 5.83. The van der Waals surface area contributed by atoms with Crippen LogP contribution >= 0.6 is 0 Å². The summed E-state index contributed by atoms with van der Waals surface area (Å²) in [5.74, 6) is -6.31. The summed E-state index contributed by atoms with van der Waals surface area (Å²) in [6, 6.07) is 5.70. The van der Waals surface area contributed by atoms with Crippen LogP contribution in [0.2, 0.25) is 0 Å². The van der Waals surface area contributed by atoms with Gasteiger partial charge < -0.3 is 10.4 Å². The minimum absolute atomic E-state index is 0.117. The van der Waals surface area contributed by atoms with E-state index in [0.29, 0.717) is 17.7 Å². The van der Waals surface area contributed by atoms with E-state index in [2.05, 4.69) is 5.32 Å². The molecule has 0 heterocycles. The minimum atomic E-state index is -1.63. The molecule has 7 heteroatoms. The number of halogens is 4. The molecule has 2 aromatic carbocycles. The van der Waals surface area contributed by atoms with Gasteiger partial charge in [-0.15, -0.1) is 0 Å². The Hall–Kier alpha value is -2.41. The third-order valence-electron chi connectivity index (χ3n) is 3.65. The Balaban J connectivity index is 2.19. The quantitative estimate of drug-likeness (QED) is 0.648. The maximum Gasteiger partial charge on any atom is 0.227 e. The average Bonchev–Trinajstić information content (AvgIpc) is 2.56. The molecule has 0 aliphatic rings. The minimum Gasteiger partial charge on any atom is -0.394 e. The predicted molar refractivity (Wildman–Crippen MR) is 79.1 cm³/mol. The number of nitrogens with one attached hydrogen (secondary N) is 1. The zero-order chi connectivity index (χ0) is 17.9. The summed E-state index contributed by atoms with van der Waals surface area (Å²) >= 11 is 0. The molecular formula is C17H15F4NO2. The Morgan fingerprint density at radius 1 is 1.08 bits per heavy atom. The number of carbonyl (C=O) groups is 1. The molecule has 0 aromatic heterocycles. The first-order chi connectivity index (χ1) is 11.3. The summed E-state index contributed by atoms with van der Waals surface area (Å²) in [6.45, 7) is 0.872. The first-order valence-corrected chi connectivity index (χ1v) is 7.14. The number of aliphatic hydroxyl groups is 1. The number of carbonyl (C=O) groups excluding carboxylic acids is 1. The molecule has 2 aromatic rings. The van der Waals surface area contributed by atoms with Crippen molar-refractivity contribution in [3.63, 3.8) is 0 Å². The number of amides is 1. The summed E-state index contributed by atoms with van der Waals surface area (Å²) in [5.41, 5.74) is 0.286. The van der Waals surface area contributed by atoms with Gasteiger partial charge in [-0.2, -0.15) is 0 Å². The number of rotatable bonds is 5. The van der Waals surface area contributed by atoms with Gasteiger partial charge in [-0.05, 0) is 42.3 Å². The second kappa shape index (κ2) is 7.44. The summed E-state index contributed by atoms with van der Waals surface area (Å²) in [7, 11) is 0. The normalized spacial score (nSPS) is 13.4. The SMILES string of the molecule is CC(C(=O)NC(CO)c1cc(F)c(F)c(F)c1)c1cccc(F)c1. The fraction of sp³-hybridized carbons (Fsp3) is 0.235. The van der Waals surface area contributed by atoms with Crippen LogP contribution < -0.4 is 5.32 Å². The Bertz CT molecular complexity index is 728. The molecule has 3 nitrogen and oxygen atoms in total. The fourth-order valence-corrected chi connectivity index (χ4v) is 2.23. The van der Waals surface area contributed by atoms with E-state index in [9.17, 15) is 27.5 Å². The van der Waals surface area contributed by atoms with Gasteiger partial charge in [0.25, 0.3) is 0 Å². The van der Waals surface area contributed by atoms with Crippen LogP contribution in [0.1, 0.15) is 30.0 Å². The Morgan fingerprint density at radius 3 is 2.25 bits per heavy atom. The molecule has 0 bridgehead atoms. The number of hydrogen-bond donors (Lipinski definition) is 2. The van der Waals surface area contributed by atoms with E-state index in [-0.39, 0.29) is 5.56 Å². The predicted octanol–water partition coefficient (Wildman–Crippen LogP) is 3.20. The van der Waals surface area contributed by atoms with Crippen molar-refractivity contribution in [2.45, 2.75) is 18.9 Å². The molecule has 0 radical (unpaired) electrons. The molecule has 2 N–H and O–H groups in total. The van der Waals surface area contributed by atoms with Gasteiger partial charge in [0, 0.05) is 0 Å². The molecular weight excluding hydrogens is 326 g/mol. The third kappa shape index (κ3) is 3.91. The zero-order valence-corrected chi connectivity index (χ0v) is 12.7. The second-order valence-corrected chi connectivity index (χ2v) is 5.32. The van der Waals surface area contributed by atoms with Crippen LogP contribution in [0.25, 0.3) is 0 Å². The number of benzene rings is 2. The lowest BCUT2D eigenvalue weighted by atomic mass is 9.99. The molecule has 2 atom stereocenters. The molecule has 1 amide bonds. The Labute approximate surface area is 135 Å². The van der Waals surface area contributed by atoms with Crippen molar-refractivity contribution < 1.29 is 27.5 Å². The van der Waals surface area contributed by atoms with Crippen LogP contribution in [0.15, 0.2) is 36.4 Å². The van der Waals surface area contributed by atoms with Crippen LogP contribution in [-0.2, 0) is 4.79 Å². The summed E-state index contributed by atoms with van der Waals surface area (Å²) in [4.78, 5) is 12.2. The molecule has 0 spiro atoms. The average molecular weight is 341 g/mol. The Kier molecular flexibility index (Phi) is 5.56. The lowest BCUT2D eigenvalue weighted by molar-refractivity contribution is -0.123. The van der Waals surface area contributed by atoms with Crippen LogP contribution in [0, 0.1) is 23.3 Å². The molecule has 0 saturated carbocycles. The van der Waals surface area contributed by atoms with Crippen LogP contribution in [0.4, 0.5) is 17.6 Å². The second-order valence-electron chi connectivity index (χ2n) is 5.32. The van der Waals surface area contributed by atoms with Gasteiger partial charge in [0.2, 0.25) is 5.91 Å². The molecule has 0 aliphatic carbocycles. The third-order valence-corrected chi connectivity index (χ3v) is 3.65. The lowest BCUT2D eigenvalue weighted by Gasteiger charge is -2.20. The summed E-state index contributed by atoms with van der Waals surface area (Å²) in [6.07, 6.45) is 0. The maximum absolute atomic E-state index is 13.3. The standard InChI is InChI=1S/C17H15F4NO2/c1-9(10-3-2-4-12(18)5-10)17(24)22-15(8-23)11-6-13(19)16(21)14(20)7-11/h2-7,9,15,23H,8H2,1H3,(H,22,24). The van der Waals surface area contributed by atoms with E-state index >= 15 is 0 Å². The van der Waals surface area contributed by atoms with Gasteiger partial charge in [-0.25, -0.2) is 17.6 Å². The van der Waals surface area contributed by atoms with Gasteiger partial charge in [-0.3, -0.25) is 4.79 Å². The van der Waals surface area contributed by atoms with Crippen molar-refractivity contribution in [3.8, 4) is 0 Å². The molecule has 2 unspecified atom stereocenters. The largest absolute Gasteiger partial charge is 0.394 e. The highest BCUT2D eigenvalue weighted by Crippen LogP contribution is 2.22. The highest BCUT2D eigenvalue weighted by Gasteiger charge is 2.22. The zero-order valence-electron chi connectivity index (χ0n) is 12.7. The van der Waals surface area contributed by atoms with Crippen molar-refractivity contribution >= 4 is 5.91 Å². The first kappa shape index (κ1) is 17.9. The van der Waals surface area contributed by atoms with E-state index in [1.165, 1.54) is 25.1 Å². The first-order valence-electron chi connectivity index (χ1n) is 7.14. The molecule has 128 valence electrons. The van der Waals surface area contributed by atoms with E-state index in [1.54, 1.807) is 6.07 Å². The van der Waals surface area contributed by atoms with Crippen LogP contribution in [-0.4, -0.2) is 17.6 Å². The van der Waals surface area contributed by atoms with E-state index < -0.39 is 47.7 Å². The van der Waals surface area contributed by atoms with Crippen molar-refractivity contribution in [1.82, 2.24) is 5.32 Å². The highest BCUT2D eigenvalue weighted by atomic mass is 19.2. The topological polar surface area (TPSA) is 49.3 Å². The summed E-state index contributed by atoms with van der Waals surface area (Å²) in [5, 5.41) is 11.8. The van der Waals surface area contributed by atoms with Gasteiger partial charge >= 0.3 is 0 Å². The smallest absolute Gasteiger partial charge is 0.227 e. The lowest BCUT2D eigenvalue weighted by Crippen LogP contribution is -2.34. The van der Waals surface area contributed by atoms with Crippen molar-refractivity contribution in [1.29, 1.82) is 0 Å². The van der Waals surface area contributed by atoms with Crippen molar-refractivity contribution in [2.75, 3.05) is 6.61 Å². The van der Waals surface area contributed by atoms with Crippen LogP contribution in [0.3, 0.4) is 0 Å². The van der Waals surface area contributed by atoms with Gasteiger partial charge in [-0.1, -0.05) is 12.1 Å². The molecule has 0 fully saturated rings. The van der Waals surface area contributed by atoms with Crippen molar-refractivity contribution in [3.05, 3.63) is 70.8 Å². The van der Waals surface area contributed by atoms with Crippen LogP contribution in [0.5, 0.6) is 0 Å². The van der Waals surface area contributed by atoms with Gasteiger partial charge in [0.05, 0.1) is 18.6 Å². The maximum atomic E-state index is 13.3. The van der Waals surface area contributed by atoms with Gasteiger partial charge in [0.1, 0.15) is 5.82 Å².